The number of aliphatic hydroxyl groups is 1. The van der Waals surface area contributed by atoms with Gasteiger partial charge in [0.25, 0.3) is 0 Å². The van der Waals surface area contributed by atoms with Crippen LogP contribution in [0.25, 0.3) is 21.8 Å². The Bertz CT molecular complexity index is 1590. The van der Waals surface area contributed by atoms with E-state index in [4.69, 9.17) is 5.73 Å². The summed E-state index contributed by atoms with van der Waals surface area (Å²) in [6, 6.07) is 10.3. The van der Waals surface area contributed by atoms with Crippen LogP contribution in [-0.2, 0) is 32.0 Å². The van der Waals surface area contributed by atoms with Crippen LogP contribution < -0.4 is 21.7 Å². The second kappa shape index (κ2) is 14.0. The number of carboxylic acids is 1. The van der Waals surface area contributed by atoms with Crippen LogP contribution in [0.3, 0.4) is 0 Å². The molecule has 3 amide bonds. The Hall–Kier alpha value is -4.68. The van der Waals surface area contributed by atoms with E-state index in [2.05, 4.69) is 25.9 Å². The zero-order valence-electron chi connectivity index (χ0n) is 24.1. The molecule has 0 aliphatic heterocycles. The number of rotatable bonds is 14. The topological polar surface area (TPSA) is 202 Å². The fourth-order valence-electron chi connectivity index (χ4n) is 5.07. The lowest BCUT2D eigenvalue weighted by atomic mass is 10.0. The lowest BCUT2D eigenvalue weighted by Crippen LogP contribution is -2.58. The number of amides is 3. The number of H-pyrrole nitrogens is 2. The number of benzene rings is 2. The minimum Gasteiger partial charge on any atom is -0.480 e. The summed E-state index contributed by atoms with van der Waals surface area (Å²) in [6.45, 7) is 2.97. The standard InChI is InChI=1S/C31H38N6O6/c1-17(2)11-25(35-28(39)22(32)12-18-14-33-23-9-5-3-7-20(18)23)29(40)37-27(16-38)30(41)36-26(31(42)43)13-19-15-34-24-10-6-4-8-21(19)24/h3-10,14-15,17,22,25-27,33-34,38H,11-13,16,32H2,1-2H3,(H,35,39)(H,36,41)(H,37,40)(H,42,43). The molecule has 0 radical (unpaired) electrons. The Labute approximate surface area is 248 Å². The van der Waals surface area contributed by atoms with Crippen LogP contribution in [0.4, 0.5) is 0 Å². The maximum Gasteiger partial charge on any atom is 0.326 e. The van der Waals surface area contributed by atoms with Crippen LogP contribution in [0.15, 0.2) is 60.9 Å². The predicted octanol–water partition coefficient (Wildman–Crippen LogP) is 1.34. The lowest BCUT2D eigenvalue weighted by molar-refractivity contribution is -0.142. The highest BCUT2D eigenvalue weighted by Crippen LogP contribution is 2.20. The average Bonchev–Trinajstić information content (AvgIpc) is 3.58. The van der Waals surface area contributed by atoms with Gasteiger partial charge in [0.05, 0.1) is 12.6 Å². The summed E-state index contributed by atoms with van der Waals surface area (Å²) in [6.07, 6.45) is 3.94. The normalized spacial score (nSPS) is 14.3. The number of nitrogens with one attached hydrogen (secondary N) is 5. The number of nitrogens with two attached hydrogens (primary N) is 1. The van der Waals surface area contributed by atoms with Crippen molar-refractivity contribution in [2.75, 3.05) is 6.61 Å². The van der Waals surface area contributed by atoms with E-state index in [0.29, 0.717) is 5.56 Å². The van der Waals surface area contributed by atoms with E-state index in [0.717, 1.165) is 27.4 Å². The SMILES string of the molecule is CC(C)CC(NC(=O)C(N)Cc1c[nH]c2ccccc12)C(=O)NC(CO)C(=O)NC(Cc1c[nH]c2ccccc12)C(=O)O. The Kier molecular flexibility index (Phi) is 10.2. The van der Waals surface area contributed by atoms with Crippen LogP contribution in [0.5, 0.6) is 0 Å². The van der Waals surface area contributed by atoms with Crippen molar-refractivity contribution in [3.63, 3.8) is 0 Å². The molecular weight excluding hydrogens is 552 g/mol. The molecule has 4 atom stereocenters. The molecule has 12 nitrogen and oxygen atoms in total. The van der Waals surface area contributed by atoms with Crippen molar-refractivity contribution in [1.29, 1.82) is 0 Å². The molecule has 0 fully saturated rings. The van der Waals surface area contributed by atoms with Crippen molar-refractivity contribution in [3.05, 3.63) is 72.1 Å². The van der Waals surface area contributed by atoms with Gasteiger partial charge in [-0.05, 0) is 42.0 Å². The molecule has 4 unspecified atom stereocenters. The van der Waals surface area contributed by atoms with Crippen LogP contribution in [-0.4, -0.2) is 74.6 Å². The van der Waals surface area contributed by atoms with Gasteiger partial charge in [-0.15, -0.1) is 0 Å². The number of aliphatic carboxylic acids is 1. The van der Waals surface area contributed by atoms with Crippen molar-refractivity contribution in [2.24, 2.45) is 11.7 Å². The van der Waals surface area contributed by atoms with Crippen molar-refractivity contribution in [1.82, 2.24) is 25.9 Å². The predicted molar refractivity (Wildman–Crippen MR) is 162 cm³/mol. The van der Waals surface area contributed by atoms with Gasteiger partial charge in [0.1, 0.15) is 18.1 Å². The molecule has 0 spiro atoms. The number of carbonyl (C=O) groups is 4. The first-order valence-electron chi connectivity index (χ1n) is 14.2. The van der Waals surface area contributed by atoms with Gasteiger partial charge in [0.2, 0.25) is 17.7 Å². The summed E-state index contributed by atoms with van der Waals surface area (Å²) < 4.78 is 0. The Morgan fingerprint density at radius 3 is 1.77 bits per heavy atom. The summed E-state index contributed by atoms with van der Waals surface area (Å²) in [5.41, 5.74) is 9.51. The minimum atomic E-state index is -1.44. The maximum atomic E-state index is 13.2. The van der Waals surface area contributed by atoms with Crippen LogP contribution >= 0.6 is 0 Å². The molecular formula is C31H38N6O6. The number of hydrogen-bond donors (Lipinski definition) is 8. The zero-order chi connectivity index (χ0) is 31.1. The zero-order valence-corrected chi connectivity index (χ0v) is 24.1. The Morgan fingerprint density at radius 2 is 1.23 bits per heavy atom. The molecule has 9 N–H and O–H groups in total. The molecule has 2 aromatic carbocycles. The molecule has 4 aromatic rings. The highest BCUT2D eigenvalue weighted by molar-refractivity contribution is 5.95. The van der Waals surface area contributed by atoms with Gasteiger partial charge in [0, 0.05) is 40.6 Å². The van der Waals surface area contributed by atoms with Gasteiger partial charge in [-0.25, -0.2) is 4.79 Å². The number of aromatic nitrogens is 2. The van der Waals surface area contributed by atoms with E-state index in [1.807, 2.05) is 62.4 Å². The first-order chi connectivity index (χ1) is 20.6. The monoisotopic (exact) mass is 590 g/mol. The third-order valence-corrected chi connectivity index (χ3v) is 7.32. The molecule has 0 bridgehead atoms. The van der Waals surface area contributed by atoms with Crippen molar-refractivity contribution >= 4 is 45.5 Å². The second-order valence-electron chi connectivity index (χ2n) is 11.1. The molecule has 2 heterocycles. The van der Waals surface area contributed by atoms with E-state index in [-0.39, 0.29) is 25.2 Å². The van der Waals surface area contributed by atoms with E-state index in [9.17, 15) is 29.4 Å². The fourth-order valence-corrected chi connectivity index (χ4v) is 5.07. The van der Waals surface area contributed by atoms with Gasteiger partial charge in [-0.3, -0.25) is 14.4 Å². The van der Waals surface area contributed by atoms with Crippen LogP contribution in [0.1, 0.15) is 31.4 Å². The van der Waals surface area contributed by atoms with Crippen molar-refractivity contribution in [3.8, 4) is 0 Å². The number of para-hydroxylation sites is 2. The van der Waals surface area contributed by atoms with Gasteiger partial charge >= 0.3 is 5.97 Å². The van der Waals surface area contributed by atoms with Crippen LogP contribution in [0.2, 0.25) is 0 Å². The molecule has 43 heavy (non-hydrogen) atoms. The summed E-state index contributed by atoms with van der Waals surface area (Å²) >= 11 is 0. The van der Waals surface area contributed by atoms with E-state index in [1.165, 1.54) is 0 Å². The Balaban J connectivity index is 1.39. The summed E-state index contributed by atoms with van der Waals surface area (Å²) in [5, 5.41) is 29.0. The minimum absolute atomic E-state index is 0.00476. The number of hydrogen-bond acceptors (Lipinski definition) is 6. The summed E-state index contributed by atoms with van der Waals surface area (Å²) in [7, 11) is 0. The highest BCUT2D eigenvalue weighted by atomic mass is 16.4. The van der Waals surface area contributed by atoms with E-state index in [1.54, 1.807) is 12.4 Å². The largest absolute Gasteiger partial charge is 0.480 e. The molecule has 0 aliphatic carbocycles. The maximum absolute atomic E-state index is 13.2. The number of aromatic amines is 2. The number of carbonyl (C=O) groups excluding carboxylic acids is 3. The number of fused-ring (bicyclic) bond motifs is 2. The lowest BCUT2D eigenvalue weighted by Gasteiger charge is -2.25. The summed E-state index contributed by atoms with van der Waals surface area (Å²) in [4.78, 5) is 57.5. The van der Waals surface area contributed by atoms with E-state index >= 15 is 0 Å². The molecule has 228 valence electrons. The van der Waals surface area contributed by atoms with Crippen molar-refractivity contribution < 1.29 is 29.4 Å². The molecule has 0 saturated heterocycles. The van der Waals surface area contributed by atoms with Crippen LogP contribution in [0, 0.1) is 5.92 Å². The molecule has 12 heteroatoms. The smallest absolute Gasteiger partial charge is 0.326 e. The first-order valence-corrected chi connectivity index (χ1v) is 14.2. The first kappa shape index (κ1) is 31.3. The quantitative estimate of drug-likeness (QED) is 0.108. The van der Waals surface area contributed by atoms with Gasteiger partial charge < -0.3 is 41.9 Å². The average molecular weight is 591 g/mol. The summed E-state index contributed by atoms with van der Waals surface area (Å²) in [5.74, 6) is -3.38. The van der Waals surface area contributed by atoms with Gasteiger partial charge in [-0.2, -0.15) is 0 Å². The highest BCUT2D eigenvalue weighted by Gasteiger charge is 2.31. The van der Waals surface area contributed by atoms with Crippen molar-refractivity contribution in [2.45, 2.75) is 57.3 Å². The van der Waals surface area contributed by atoms with E-state index < -0.39 is 54.5 Å². The number of aliphatic hydroxyl groups excluding tert-OH is 1. The second-order valence-corrected chi connectivity index (χ2v) is 11.1. The third kappa shape index (κ3) is 7.79. The van der Waals surface area contributed by atoms with Gasteiger partial charge in [-0.1, -0.05) is 50.2 Å². The molecule has 0 saturated carbocycles. The molecule has 4 rings (SSSR count). The fraction of sp³-hybridized carbons (Fsp3) is 0.355. The molecule has 0 aliphatic rings. The molecule has 2 aromatic heterocycles. The van der Waals surface area contributed by atoms with Gasteiger partial charge in [0.15, 0.2) is 0 Å². The number of carboxylic acid groups (broad SMARTS) is 1. The Morgan fingerprint density at radius 1 is 0.744 bits per heavy atom. The third-order valence-electron chi connectivity index (χ3n) is 7.32.